The summed E-state index contributed by atoms with van der Waals surface area (Å²) in [6.45, 7) is 3.64. The molecule has 0 aliphatic heterocycles. The third-order valence-corrected chi connectivity index (χ3v) is 2.89. The summed E-state index contributed by atoms with van der Waals surface area (Å²) < 4.78 is 7.78. The number of benzene rings is 1. The van der Waals surface area contributed by atoms with Crippen LogP contribution in [0.15, 0.2) is 36.7 Å². The topological polar surface area (TPSA) is 50.8 Å². The Morgan fingerprint density at radius 3 is 3.11 bits per heavy atom. The van der Waals surface area contributed by atoms with Crippen molar-refractivity contribution in [3.63, 3.8) is 0 Å². The lowest BCUT2D eigenvalue weighted by Gasteiger charge is -2.08. The molecule has 0 unspecified atom stereocenters. The van der Waals surface area contributed by atoms with Gasteiger partial charge in [-0.1, -0.05) is 13.0 Å². The van der Waals surface area contributed by atoms with E-state index in [2.05, 4.69) is 22.5 Å². The number of ether oxygens (including phenoxy) is 1. The third kappa shape index (κ3) is 3.59. The van der Waals surface area contributed by atoms with Gasteiger partial charge < -0.3 is 9.30 Å². The molecule has 1 heterocycles. The molecular formula is C15H17N3O. The van der Waals surface area contributed by atoms with Gasteiger partial charge in [-0.05, 0) is 24.6 Å². The van der Waals surface area contributed by atoms with Gasteiger partial charge in [0.25, 0.3) is 0 Å². The first kappa shape index (κ1) is 13.2. The molecule has 0 bridgehead atoms. The minimum absolute atomic E-state index is 0.625. The highest BCUT2D eigenvalue weighted by Crippen LogP contribution is 2.12. The van der Waals surface area contributed by atoms with E-state index in [0.717, 1.165) is 31.0 Å². The van der Waals surface area contributed by atoms with Crippen LogP contribution in [0, 0.1) is 11.3 Å². The van der Waals surface area contributed by atoms with Crippen molar-refractivity contribution in [3.05, 3.63) is 48.0 Å². The maximum atomic E-state index is 8.80. The van der Waals surface area contributed by atoms with Gasteiger partial charge in [-0.15, -0.1) is 0 Å². The highest BCUT2D eigenvalue weighted by Gasteiger charge is 2.00. The summed E-state index contributed by atoms with van der Waals surface area (Å²) in [6, 6.07) is 9.33. The predicted octanol–water partition coefficient (Wildman–Crippen LogP) is 2.79. The number of aryl methyl sites for hydroxylation is 2. The fourth-order valence-corrected chi connectivity index (χ4v) is 1.94. The number of hydrogen-bond acceptors (Lipinski definition) is 3. The highest BCUT2D eigenvalue weighted by atomic mass is 16.5. The molecule has 98 valence electrons. The molecule has 0 saturated carbocycles. The molecule has 0 spiro atoms. The molecule has 0 fully saturated rings. The standard InChI is InChI=1S/C15H17N3O/c1-2-15-17-7-9-18(15)8-4-10-19-14-6-3-5-13(11-14)12-16/h3,5-7,9,11H,2,4,8,10H2,1H3. The predicted molar refractivity (Wildman–Crippen MR) is 72.9 cm³/mol. The number of imidazole rings is 1. The normalized spacial score (nSPS) is 10.1. The molecule has 4 heteroatoms. The molecule has 2 rings (SSSR count). The molecular weight excluding hydrogens is 238 g/mol. The molecule has 2 aromatic rings. The summed E-state index contributed by atoms with van der Waals surface area (Å²) in [6.07, 6.45) is 5.68. The lowest BCUT2D eigenvalue weighted by atomic mass is 10.2. The van der Waals surface area contributed by atoms with Gasteiger partial charge in [0.2, 0.25) is 0 Å². The van der Waals surface area contributed by atoms with Crippen LogP contribution in [0.5, 0.6) is 5.75 Å². The molecule has 0 N–H and O–H groups in total. The molecule has 0 aliphatic rings. The first-order valence-corrected chi connectivity index (χ1v) is 6.46. The molecule has 19 heavy (non-hydrogen) atoms. The maximum Gasteiger partial charge on any atom is 0.120 e. The van der Waals surface area contributed by atoms with Gasteiger partial charge in [0.1, 0.15) is 11.6 Å². The van der Waals surface area contributed by atoms with Crippen LogP contribution in [0.2, 0.25) is 0 Å². The first-order valence-electron chi connectivity index (χ1n) is 6.46. The monoisotopic (exact) mass is 255 g/mol. The minimum Gasteiger partial charge on any atom is -0.493 e. The van der Waals surface area contributed by atoms with Gasteiger partial charge in [0.05, 0.1) is 18.2 Å². The van der Waals surface area contributed by atoms with Crippen LogP contribution >= 0.6 is 0 Å². The quantitative estimate of drug-likeness (QED) is 0.746. The average molecular weight is 255 g/mol. The van der Waals surface area contributed by atoms with Crippen molar-refractivity contribution in [3.8, 4) is 11.8 Å². The van der Waals surface area contributed by atoms with Gasteiger partial charge in [0, 0.05) is 25.4 Å². The second-order valence-corrected chi connectivity index (χ2v) is 4.23. The van der Waals surface area contributed by atoms with E-state index in [0.29, 0.717) is 12.2 Å². The molecule has 0 saturated heterocycles. The maximum absolute atomic E-state index is 8.80. The summed E-state index contributed by atoms with van der Waals surface area (Å²) in [5.74, 6) is 1.85. The van der Waals surface area contributed by atoms with Crippen molar-refractivity contribution >= 4 is 0 Å². The van der Waals surface area contributed by atoms with Crippen LogP contribution in [0.3, 0.4) is 0 Å². The Morgan fingerprint density at radius 2 is 2.32 bits per heavy atom. The highest BCUT2D eigenvalue weighted by molar-refractivity contribution is 5.36. The van der Waals surface area contributed by atoms with Crippen molar-refractivity contribution < 1.29 is 4.74 Å². The zero-order valence-corrected chi connectivity index (χ0v) is 11.0. The summed E-state index contributed by atoms with van der Waals surface area (Å²) >= 11 is 0. The van der Waals surface area contributed by atoms with Crippen molar-refractivity contribution in [1.82, 2.24) is 9.55 Å². The number of nitrogens with zero attached hydrogens (tertiary/aromatic N) is 3. The summed E-state index contributed by atoms with van der Waals surface area (Å²) in [5.41, 5.74) is 0.625. The van der Waals surface area contributed by atoms with Gasteiger partial charge >= 0.3 is 0 Å². The van der Waals surface area contributed by atoms with Gasteiger partial charge in [-0.3, -0.25) is 0 Å². The lowest BCUT2D eigenvalue weighted by Crippen LogP contribution is -2.06. The average Bonchev–Trinajstić information content (AvgIpc) is 2.91. The number of rotatable bonds is 6. The second-order valence-electron chi connectivity index (χ2n) is 4.23. The fraction of sp³-hybridized carbons (Fsp3) is 0.333. The van der Waals surface area contributed by atoms with E-state index >= 15 is 0 Å². The van der Waals surface area contributed by atoms with E-state index in [1.807, 2.05) is 24.5 Å². The molecule has 0 atom stereocenters. The molecule has 1 aromatic heterocycles. The minimum atomic E-state index is 0.625. The summed E-state index contributed by atoms with van der Waals surface area (Å²) in [4.78, 5) is 4.28. The largest absolute Gasteiger partial charge is 0.493 e. The van der Waals surface area contributed by atoms with Crippen LogP contribution in [0.1, 0.15) is 24.7 Å². The van der Waals surface area contributed by atoms with Crippen LogP contribution in [-0.2, 0) is 13.0 Å². The molecule has 0 radical (unpaired) electrons. The van der Waals surface area contributed by atoms with Crippen molar-refractivity contribution in [2.45, 2.75) is 26.3 Å². The van der Waals surface area contributed by atoms with Crippen LogP contribution < -0.4 is 4.74 Å². The Hall–Kier alpha value is -2.28. The summed E-state index contributed by atoms with van der Waals surface area (Å²) in [7, 11) is 0. The number of hydrogen-bond donors (Lipinski definition) is 0. The zero-order chi connectivity index (χ0) is 13.5. The molecule has 0 aliphatic carbocycles. The smallest absolute Gasteiger partial charge is 0.120 e. The Labute approximate surface area is 113 Å². The van der Waals surface area contributed by atoms with Crippen LogP contribution in [-0.4, -0.2) is 16.2 Å². The van der Waals surface area contributed by atoms with E-state index in [-0.39, 0.29) is 0 Å². The zero-order valence-electron chi connectivity index (χ0n) is 11.0. The van der Waals surface area contributed by atoms with Gasteiger partial charge in [0.15, 0.2) is 0 Å². The van der Waals surface area contributed by atoms with Crippen LogP contribution in [0.4, 0.5) is 0 Å². The Bertz CT molecular complexity index is 569. The lowest BCUT2D eigenvalue weighted by molar-refractivity contribution is 0.301. The van der Waals surface area contributed by atoms with Crippen LogP contribution in [0.25, 0.3) is 0 Å². The van der Waals surface area contributed by atoms with Gasteiger partial charge in [-0.25, -0.2) is 4.98 Å². The van der Waals surface area contributed by atoms with Crippen molar-refractivity contribution in [2.75, 3.05) is 6.61 Å². The first-order chi connectivity index (χ1) is 9.33. The van der Waals surface area contributed by atoms with Crippen molar-refractivity contribution in [2.24, 2.45) is 0 Å². The van der Waals surface area contributed by atoms with E-state index in [1.165, 1.54) is 0 Å². The van der Waals surface area contributed by atoms with Gasteiger partial charge in [-0.2, -0.15) is 5.26 Å². The molecule has 1 aromatic carbocycles. The van der Waals surface area contributed by atoms with E-state index in [4.69, 9.17) is 10.00 Å². The Morgan fingerprint density at radius 1 is 1.42 bits per heavy atom. The third-order valence-electron chi connectivity index (χ3n) is 2.89. The number of aromatic nitrogens is 2. The fourth-order valence-electron chi connectivity index (χ4n) is 1.94. The van der Waals surface area contributed by atoms with Crippen molar-refractivity contribution in [1.29, 1.82) is 5.26 Å². The van der Waals surface area contributed by atoms with E-state index in [1.54, 1.807) is 12.1 Å². The Kier molecular flexibility index (Phi) is 4.57. The number of nitriles is 1. The second kappa shape index (κ2) is 6.60. The SMILES string of the molecule is CCc1nccn1CCCOc1cccc(C#N)c1. The molecule has 0 amide bonds. The Balaban J connectivity index is 1.79. The summed E-state index contributed by atoms with van der Waals surface area (Å²) in [5, 5.41) is 8.80. The van der Waals surface area contributed by atoms with E-state index in [9.17, 15) is 0 Å². The van der Waals surface area contributed by atoms with E-state index < -0.39 is 0 Å². The molecule has 4 nitrogen and oxygen atoms in total.